The highest BCUT2D eigenvalue weighted by molar-refractivity contribution is 14.1. The second-order valence-electron chi connectivity index (χ2n) is 3.54. The number of anilines is 3. The molecule has 16 heavy (non-hydrogen) atoms. The minimum absolute atomic E-state index is 0.724. The molecule has 0 aliphatic carbocycles. The molecule has 4 heteroatoms. The van der Waals surface area contributed by atoms with E-state index in [1.54, 1.807) is 0 Å². The van der Waals surface area contributed by atoms with E-state index in [-0.39, 0.29) is 0 Å². The zero-order chi connectivity index (χ0) is 11.1. The van der Waals surface area contributed by atoms with Crippen LogP contribution in [0, 0.1) is 0 Å². The molecular formula is C12H9IN2O. The summed E-state index contributed by atoms with van der Waals surface area (Å²) >= 11 is 2.24. The SMILES string of the molecule is Nc1cccc2c1N(I)c1ccccc1O2. The van der Waals surface area contributed by atoms with E-state index in [0.29, 0.717) is 0 Å². The molecule has 0 unspecified atom stereocenters. The maximum Gasteiger partial charge on any atom is 0.154 e. The van der Waals surface area contributed by atoms with Crippen molar-refractivity contribution in [2.75, 3.05) is 8.85 Å². The number of hydrogen-bond acceptors (Lipinski definition) is 3. The van der Waals surface area contributed by atoms with Crippen molar-refractivity contribution in [2.45, 2.75) is 0 Å². The Morgan fingerprint density at radius 2 is 1.75 bits per heavy atom. The fourth-order valence-corrected chi connectivity index (χ4v) is 2.69. The number of para-hydroxylation sites is 3. The first-order valence-electron chi connectivity index (χ1n) is 4.88. The van der Waals surface area contributed by atoms with Crippen molar-refractivity contribution < 1.29 is 4.74 Å². The van der Waals surface area contributed by atoms with Crippen molar-refractivity contribution in [3.05, 3.63) is 42.5 Å². The van der Waals surface area contributed by atoms with Crippen molar-refractivity contribution in [1.82, 2.24) is 0 Å². The lowest BCUT2D eigenvalue weighted by Crippen LogP contribution is -2.11. The van der Waals surface area contributed by atoms with Gasteiger partial charge in [-0.3, -0.25) is 3.11 Å². The summed E-state index contributed by atoms with van der Waals surface area (Å²) in [6.07, 6.45) is 0. The monoisotopic (exact) mass is 324 g/mol. The molecule has 0 atom stereocenters. The number of fused-ring (bicyclic) bond motifs is 2. The molecule has 1 heterocycles. The van der Waals surface area contributed by atoms with Crippen LogP contribution in [0.2, 0.25) is 0 Å². The van der Waals surface area contributed by atoms with Gasteiger partial charge in [0.25, 0.3) is 0 Å². The van der Waals surface area contributed by atoms with Crippen LogP contribution in [0.15, 0.2) is 42.5 Å². The van der Waals surface area contributed by atoms with E-state index in [9.17, 15) is 0 Å². The van der Waals surface area contributed by atoms with Crippen LogP contribution in [0.25, 0.3) is 0 Å². The van der Waals surface area contributed by atoms with E-state index in [2.05, 4.69) is 22.9 Å². The summed E-state index contributed by atoms with van der Waals surface area (Å²) in [6.45, 7) is 0. The minimum Gasteiger partial charge on any atom is -0.453 e. The van der Waals surface area contributed by atoms with Crippen molar-refractivity contribution in [2.24, 2.45) is 0 Å². The lowest BCUT2D eigenvalue weighted by molar-refractivity contribution is 0.479. The molecule has 2 aromatic carbocycles. The van der Waals surface area contributed by atoms with Crippen LogP contribution < -0.4 is 13.6 Å². The number of nitrogens with zero attached hydrogens (tertiary/aromatic N) is 1. The van der Waals surface area contributed by atoms with E-state index in [0.717, 1.165) is 28.6 Å². The predicted molar refractivity (Wildman–Crippen MR) is 73.5 cm³/mol. The normalized spacial score (nSPS) is 12.7. The fourth-order valence-electron chi connectivity index (χ4n) is 1.78. The quantitative estimate of drug-likeness (QED) is 0.454. The van der Waals surface area contributed by atoms with Crippen LogP contribution in [-0.2, 0) is 0 Å². The molecule has 0 fully saturated rings. The van der Waals surface area contributed by atoms with Crippen molar-refractivity contribution in [1.29, 1.82) is 0 Å². The summed E-state index contributed by atoms with van der Waals surface area (Å²) in [6, 6.07) is 13.6. The molecule has 0 saturated carbocycles. The zero-order valence-corrected chi connectivity index (χ0v) is 10.5. The molecule has 1 aliphatic heterocycles. The standard InChI is InChI=1S/C12H9IN2O/c13-15-9-5-1-2-6-10(9)16-11-7-3-4-8(14)12(11)15/h1-7H,14H2. The first kappa shape index (κ1) is 9.77. The molecule has 3 nitrogen and oxygen atoms in total. The third-order valence-corrected chi connectivity index (χ3v) is 3.53. The van der Waals surface area contributed by atoms with E-state index in [4.69, 9.17) is 10.5 Å². The number of ether oxygens (including phenoxy) is 1. The van der Waals surface area contributed by atoms with Crippen LogP contribution >= 0.6 is 22.9 Å². The summed E-state index contributed by atoms with van der Waals surface area (Å²) in [7, 11) is 0. The van der Waals surface area contributed by atoms with Crippen LogP contribution in [-0.4, -0.2) is 0 Å². The summed E-state index contributed by atoms with van der Waals surface area (Å²) in [5.41, 5.74) is 8.63. The minimum atomic E-state index is 0.724. The number of benzene rings is 2. The number of nitrogens with two attached hydrogens (primary N) is 1. The molecule has 0 saturated heterocycles. The van der Waals surface area contributed by atoms with Crippen LogP contribution in [0.1, 0.15) is 0 Å². The van der Waals surface area contributed by atoms with Gasteiger partial charge in [-0.05, 0) is 24.3 Å². The average molecular weight is 324 g/mol. The highest BCUT2D eigenvalue weighted by Crippen LogP contribution is 2.50. The van der Waals surface area contributed by atoms with Gasteiger partial charge in [0.1, 0.15) is 5.69 Å². The fraction of sp³-hybridized carbons (Fsp3) is 0. The molecule has 0 amide bonds. The van der Waals surface area contributed by atoms with E-state index >= 15 is 0 Å². The number of hydrogen-bond donors (Lipinski definition) is 1. The van der Waals surface area contributed by atoms with E-state index in [1.807, 2.05) is 45.6 Å². The van der Waals surface area contributed by atoms with Gasteiger partial charge < -0.3 is 10.5 Å². The Bertz CT molecular complexity index is 556. The molecular weight excluding hydrogens is 315 g/mol. The van der Waals surface area contributed by atoms with Gasteiger partial charge in [0.2, 0.25) is 0 Å². The number of nitrogen functional groups attached to an aromatic ring is 1. The van der Waals surface area contributed by atoms with Gasteiger partial charge in [-0.1, -0.05) is 18.2 Å². The molecule has 80 valence electrons. The molecule has 1 aliphatic rings. The zero-order valence-electron chi connectivity index (χ0n) is 8.35. The number of halogens is 1. The predicted octanol–water partition coefficient (Wildman–Crippen LogP) is 3.86. The van der Waals surface area contributed by atoms with E-state index < -0.39 is 0 Å². The lowest BCUT2D eigenvalue weighted by Gasteiger charge is -2.28. The molecule has 2 N–H and O–H groups in total. The third kappa shape index (κ3) is 1.33. The van der Waals surface area contributed by atoms with Gasteiger partial charge in [-0.25, -0.2) is 0 Å². The summed E-state index contributed by atoms with van der Waals surface area (Å²) in [5.74, 6) is 1.66. The highest BCUT2D eigenvalue weighted by Gasteiger charge is 2.23. The van der Waals surface area contributed by atoms with Gasteiger partial charge in [0.05, 0.1) is 34.2 Å². The third-order valence-electron chi connectivity index (χ3n) is 2.52. The van der Waals surface area contributed by atoms with Crippen molar-refractivity contribution in [3.63, 3.8) is 0 Å². The molecule has 3 rings (SSSR count). The van der Waals surface area contributed by atoms with Crippen LogP contribution in [0.3, 0.4) is 0 Å². The Morgan fingerprint density at radius 3 is 2.62 bits per heavy atom. The van der Waals surface area contributed by atoms with Crippen molar-refractivity contribution in [3.8, 4) is 11.5 Å². The number of rotatable bonds is 0. The first-order chi connectivity index (χ1) is 7.77. The Balaban J connectivity index is 2.23. The Morgan fingerprint density at radius 1 is 1.00 bits per heavy atom. The molecule has 2 aromatic rings. The molecule has 0 spiro atoms. The Hall–Kier alpha value is -1.43. The van der Waals surface area contributed by atoms with Crippen LogP contribution in [0.4, 0.5) is 17.1 Å². The maximum absolute atomic E-state index is 5.96. The molecule has 0 bridgehead atoms. The molecule has 0 radical (unpaired) electrons. The highest BCUT2D eigenvalue weighted by atomic mass is 127. The topological polar surface area (TPSA) is 38.5 Å². The molecule has 0 aromatic heterocycles. The van der Waals surface area contributed by atoms with Gasteiger partial charge >= 0.3 is 0 Å². The maximum atomic E-state index is 5.96. The lowest BCUT2D eigenvalue weighted by atomic mass is 10.2. The largest absolute Gasteiger partial charge is 0.453 e. The second-order valence-corrected chi connectivity index (χ2v) is 4.51. The van der Waals surface area contributed by atoms with Crippen molar-refractivity contribution >= 4 is 39.9 Å². The van der Waals surface area contributed by atoms with Crippen LogP contribution in [0.5, 0.6) is 11.5 Å². The van der Waals surface area contributed by atoms with Gasteiger partial charge in [0, 0.05) is 0 Å². The van der Waals surface area contributed by atoms with E-state index in [1.165, 1.54) is 0 Å². The van der Waals surface area contributed by atoms with Gasteiger partial charge in [-0.15, -0.1) is 0 Å². The van der Waals surface area contributed by atoms with Gasteiger partial charge in [-0.2, -0.15) is 0 Å². The smallest absolute Gasteiger partial charge is 0.154 e. The first-order valence-corrected chi connectivity index (χ1v) is 5.85. The Kier molecular flexibility index (Phi) is 2.17. The Labute approximate surface area is 107 Å². The van der Waals surface area contributed by atoms with Gasteiger partial charge in [0.15, 0.2) is 11.5 Å². The second kappa shape index (κ2) is 3.55. The average Bonchev–Trinajstić information content (AvgIpc) is 2.29. The summed E-state index contributed by atoms with van der Waals surface area (Å²) < 4.78 is 7.83. The summed E-state index contributed by atoms with van der Waals surface area (Å²) in [4.78, 5) is 0. The summed E-state index contributed by atoms with van der Waals surface area (Å²) in [5, 5.41) is 0.